The van der Waals surface area contributed by atoms with Crippen molar-refractivity contribution in [2.24, 2.45) is 5.73 Å². The van der Waals surface area contributed by atoms with E-state index in [4.69, 9.17) is 22.3 Å². The first-order chi connectivity index (χ1) is 19.9. The molecule has 2 heterocycles. The number of hydrogen-bond donors (Lipinski definition) is 7. The molecule has 0 aliphatic rings. The van der Waals surface area contributed by atoms with Crippen molar-refractivity contribution in [3.8, 4) is 0 Å². The van der Waals surface area contributed by atoms with Crippen LogP contribution in [0.1, 0.15) is 48.2 Å². The lowest BCUT2D eigenvalue weighted by Gasteiger charge is -2.19. The third-order valence-electron chi connectivity index (χ3n) is 6.32. The van der Waals surface area contributed by atoms with E-state index in [1.807, 2.05) is 11.9 Å². The summed E-state index contributed by atoms with van der Waals surface area (Å²) >= 11 is 0. The van der Waals surface area contributed by atoms with Crippen LogP contribution in [0, 0.1) is 0 Å². The maximum atomic E-state index is 12.7. The molecule has 42 heavy (non-hydrogen) atoms. The fourth-order valence-electron chi connectivity index (χ4n) is 3.96. The summed E-state index contributed by atoms with van der Waals surface area (Å²) in [6, 6.07) is 4.31. The number of nitrogen functional groups attached to an aromatic ring is 2. The first-order valence-corrected chi connectivity index (χ1v) is 13.1. The number of rotatable bonds is 15. The fraction of sp³-hybridized carbons (Fsp3) is 0.385. The predicted octanol–water partition coefficient (Wildman–Crippen LogP) is -0.118. The molecule has 16 nitrogen and oxygen atoms in total. The summed E-state index contributed by atoms with van der Waals surface area (Å²) in [7, 11) is 1.82. The minimum absolute atomic E-state index is 0.00745. The van der Waals surface area contributed by atoms with Gasteiger partial charge in [-0.2, -0.15) is 9.97 Å². The van der Waals surface area contributed by atoms with Gasteiger partial charge < -0.3 is 42.9 Å². The Morgan fingerprint density at radius 1 is 0.976 bits per heavy atom. The van der Waals surface area contributed by atoms with Gasteiger partial charge in [-0.15, -0.1) is 0 Å². The topological polar surface area (TPSA) is 266 Å². The lowest BCUT2D eigenvalue weighted by atomic mass is 10.1. The summed E-state index contributed by atoms with van der Waals surface area (Å²) in [5.41, 5.74) is 19.1. The van der Waals surface area contributed by atoms with Crippen LogP contribution in [0.3, 0.4) is 0 Å². The molecule has 2 aromatic heterocycles. The van der Waals surface area contributed by atoms with Crippen LogP contribution in [0.4, 0.5) is 17.5 Å². The van der Waals surface area contributed by atoms with Crippen LogP contribution in [0.2, 0.25) is 0 Å². The average Bonchev–Trinajstić information content (AvgIpc) is 2.94. The first-order valence-electron chi connectivity index (χ1n) is 13.1. The minimum atomic E-state index is -1.27. The molecule has 224 valence electrons. The van der Waals surface area contributed by atoms with Gasteiger partial charge in [0.05, 0.1) is 18.4 Å². The number of nitrogens with zero attached hydrogens (tertiary/aromatic N) is 5. The molecule has 0 bridgehead atoms. The van der Waals surface area contributed by atoms with Gasteiger partial charge in [0.2, 0.25) is 11.9 Å². The molecule has 3 aromatic rings. The number of anilines is 3. The number of carbonyl (C=O) groups is 4. The highest BCUT2D eigenvalue weighted by atomic mass is 16.4. The molecular weight excluding hydrogens is 548 g/mol. The third kappa shape index (κ3) is 8.95. The molecule has 2 atom stereocenters. The second-order valence-corrected chi connectivity index (χ2v) is 9.60. The van der Waals surface area contributed by atoms with E-state index in [0.717, 1.165) is 5.69 Å². The second-order valence-electron chi connectivity index (χ2n) is 9.60. The number of hydrogen-bond acceptors (Lipinski definition) is 12. The lowest BCUT2D eigenvalue weighted by molar-refractivity contribution is -0.140. The number of nitrogens with two attached hydrogens (primary N) is 3. The van der Waals surface area contributed by atoms with Gasteiger partial charge in [-0.25, -0.2) is 14.8 Å². The van der Waals surface area contributed by atoms with Crippen LogP contribution >= 0.6 is 0 Å². The number of fused-ring (bicyclic) bond motifs is 1. The van der Waals surface area contributed by atoms with E-state index in [-0.39, 0.29) is 48.1 Å². The maximum absolute atomic E-state index is 12.7. The Morgan fingerprint density at radius 3 is 2.36 bits per heavy atom. The molecule has 0 saturated heterocycles. The van der Waals surface area contributed by atoms with Gasteiger partial charge in [-0.3, -0.25) is 14.4 Å². The van der Waals surface area contributed by atoms with Crippen molar-refractivity contribution in [3.63, 3.8) is 0 Å². The molecule has 0 fully saturated rings. The zero-order valence-electron chi connectivity index (χ0n) is 23.0. The summed E-state index contributed by atoms with van der Waals surface area (Å²) in [6.07, 6.45) is 2.68. The molecule has 16 heteroatoms. The van der Waals surface area contributed by atoms with Gasteiger partial charge in [0.15, 0.2) is 17.0 Å². The standard InChI is InChI=1S/C26H34N10O6/c1-36(13-15-12-31-22-20(32-15)21(28)34-26(29)35-22)16-7-5-14(6-8-16)23(38)33-18(25(41)42)9-10-19(37)30-11-3-2-4-17(27)24(39)40/h5-8,12,17-18H,2-4,9-11,13,27H2,1H3,(H,30,37)(H,33,38)(H,39,40)(H,41,42)(H4,28,29,31,34,35)/t17-,18-/m0/s1. The molecule has 0 spiro atoms. The number of nitrogens with one attached hydrogen (secondary N) is 2. The van der Waals surface area contributed by atoms with Crippen molar-refractivity contribution in [2.45, 2.75) is 50.7 Å². The zero-order valence-corrected chi connectivity index (χ0v) is 23.0. The zero-order chi connectivity index (χ0) is 30.8. The molecule has 0 radical (unpaired) electrons. The summed E-state index contributed by atoms with van der Waals surface area (Å²) in [5.74, 6) is -3.18. The van der Waals surface area contributed by atoms with Gasteiger partial charge in [-0.1, -0.05) is 0 Å². The van der Waals surface area contributed by atoms with E-state index in [2.05, 4.69) is 30.6 Å². The summed E-state index contributed by atoms with van der Waals surface area (Å²) in [6.45, 7) is 0.665. The number of unbranched alkanes of at least 4 members (excludes halogenated alkanes) is 1. The molecular formula is C26H34N10O6. The Bertz CT molecular complexity index is 1440. The molecule has 10 N–H and O–H groups in total. The molecule has 0 saturated carbocycles. The largest absolute Gasteiger partial charge is 0.480 e. The monoisotopic (exact) mass is 582 g/mol. The average molecular weight is 583 g/mol. The van der Waals surface area contributed by atoms with Gasteiger partial charge in [0.1, 0.15) is 12.1 Å². The third-order valence-corrected chi connectivity index (χ3v) is 6.32. The summed E-state index contributed by atoms with van der Waals surface area (Å²) in [5, 5.41) is 23.4. The van der Waals surface area contributed by atoms with Crippen LogP contribution in [0.25, 0.3) is 11.2 Å². The van der Waals surface area contributed by atoms with Crippen molar-refractivity contribution in [2.75, 3.05) is 30.0 Å². The number of carboxylic acid groups (broad SMARTS) is 2. The van der Waals surface area contributed by atoms with Crippen LogP contribution in [-0.4, -0.2) is 79.6 Å². The summed E-state index contributed by atoms with van der Waals surface area (Å²) in [4.78, 5) is 65.7. The van der Waals surface area contributed by atoms with Crippen molar-refractivity contribution < 1.29 is 29.4 Å². The highest BCUT2D eigenvalue weighted by Gasteiger charge is 2.22. The van der Waals surface area contributed by atoms with Gasteiger partial charge in [0.25, 0.3) is 5.91 Å². The molecule has 0 aliphatic heterocycles. The predicted molar refractivity (Wildman–Crippen MR) is 153 cm³/mol. The van der Waals surface area contributed by atoms with Gasteiger partial charge >= 0.3 is 11.9 Å². The highest BCUT2D eigenvalue weighted by Crippen LogP contribution is 2.19. The van der Waals surface area contributed by atoms with Gasteiger partial charge in [0, 0.05) is 31.3 Å². The molecule has 0 aliphatic carbocycles. The highest BCUT2D eigenvalue weighted by molar-refractivity contribution is 5.97. The van der Waals surface area contributed by atoms with E-state index >= 15 is 0 Å². The Balaban J connectivity index is 1.49. The number of carbonyl (C=O) groups excluding carboxylic acids is 2. The van der Waals surface area contributed by atoms with Crippen molar-refractivity contribution in [1.29, 1.82) is 0 Å². The number of amides is 2. The van der Waals surface area contributed by atoms with Crippen molar-refractivity contribution >= 4 is 52.4 Å². The molecule has 3 rings (SSSR count). The van der Waals surface area contributed by atoms with Crippen molar-refractivity contribution in [1.82, 2.24) is 30.6 Å². The maximum Gasteiger partial charge on any atom is 0.326 e. The number of aliphatic carboxylic acids is 2. The molecule has 1 aromatic carbocycles. The Hall–Kier alpha value is -5.12. The molecule has 0 unspecified atom stereocenters. The van der Waals surface area contributed by atoms with Crippen molar-refractivity contribution in [3.05, 3.63) is 41.7 Å². The van der Waals surface area contributed by atoms with Crippen LogP contribution < -0.4 is 32.7 Å². The van der Waals surface area contributed by atoms with E-state index in [1.165, 1.54) is 0 Å². The van der Waals surface area contributed by atoms with Crippen LogP contribution in [0.5, 0.6) is 0 Å². The number of benzene rings is 1. The van der Waals surface area contributed by atoms with E-state index in [9.17, 15) is 24.3 Å². The normalized spacial score (nSPS) is 12.3. The first kappa shape index (κ1) is 31.4. The second kappa shape index (κ2) is 14.5. The Kier molecular flexibility index (Phi) is 10.8. The number of carboxylic acids is 2. The lowest BCUT2D eigenvalue weighted by Crippen LogP contribution is -2.41. The van der Waals surface area contributed by atoms with E-state index < -0.39 is 29.9 Å². The van der Waals surface area contributed by atoms with Crippen LogP contribution in [-0.2, 0) is 20.9 Å². The number of aromatic nitrogens is 4. The van der Waals surface area contributed by atoms with Crippen LogP contribution in [0.15, 0.2) is 30.5 Å². The minimum Gasteiger partial charge on any atom is -0.480 e. The fourth-order valence-corrected chi connectivity index (χ4v) is 3.96. The smallest absolute Gasteiger partial charge is 0.326 e. The SMILES string of the molecule is CN(Cc1cnc2nc(N)nc(N)c2n1)c1ccc(C(=O)N[C@@H](CCC(=O)NCCCC[C@H](N)C(=O)O)C(=O)O)cc1. The van der Waals surface area contributed by atoms with Gasteiger partial charge in [-0.05, 0) is 49.9 Å². The Labute approximate surface area is 240 Å². The van der Waals surface area contributed by atoms with E-state index in [1.54, 1.807) is 30.5 Å². The summed E-state index contributed by atoms with van der Waals surface area (Å²) < 4.78 is 0. The quantitative estimate of drug-likeness (QED) is 0.115. The van der Waals surface area contributed by atoms with E-state index in [0.29, 0.717) is 37.1 Å². The molecule has 2 amide bonds. The Morgan fingerprint density at radius 2 is 1.69 bits per heavy atom.